The van der Waals surface area contributed by atoms with E-state index >= 15 is 0 Å². The summed E-state index contributed by atoms with van der Waals surface area (Å²) in [4.78, 5) is 11.3. The lowest BCUT2D eigenvalue weighted by Crippen LogP contribution is -2.01. The summed E-state index contributed by atoms with van der Waals surface area (Å²) in [7, 11) is 0. The van der Waals surface area contributed by atoms with Crippen LogP contribution in [0.2, 0.25) is 0 Å². The first kappa shape index (κ1) is 13.9. The summed E-state index contributed by atoms with van der Waals surface area (Å²) in [5.74, 6) is -0.0968. The van der Waals surface area contributed by atoms with Crippen LogP contribution < -0.4 is 10.5 Å². The van der Waals surface area contributed by atoms with Gasteiger partial charge in [0.2, 0.25) is 0 Å². The van der Waals surface area contributed by atoms with Crippen molar-refractivity contribution >= 4 is 11.7 Å². The lowest BCUT2D eigenvalue weighted by molar-refractivity contribution is 0.0694. The number of benzene rings is 2. The van der Waals surface area contributed by atoms with Crippen LogP contribution in [0.4, 0.5) is 5.69 Å². The number of nitrogen functional groups attached to an aromatic ring is 1. The second-order valence-electron chi connectivity index (χ2n) is 4.56. The normalized spacial score (nSPS) is 10.2. The molecule has 0 aliphatic heterocycles. The molecule has 104 valence electrons. The molecule has 0 fully saturated rings. The Morgan fingerprint density at radius 3 is 2.50 bits per heavy atom. The molecule has 2 aromatic carbocycles. The molecule has 3 N–H and O–H groups in total. The number of anilines is 1. The van der Waals surface area contributed by atoms with Gasteiger partial charge in [-0.05, 0) is 48.4 Å². The first-order valence-corrected chi connectivity index (χ1v) is 6.49. The van der Waals surface area contributed by atoms with Crippen molar-refractivity contribution in [2.75, 3.05) is 5.73 Å². The molecule has 0 atom stereocenters. The van der Waals surface area contributed by atoms with Crippen LogP contribution in [0, 0.1) is 0 Å². The number of carboxylic acids is 1. The van der Waals surface area contributed by atoms with Crippen molar-refractivity contribution in [1.82, 2.24) is 0 Å². The van der Waals surface area contributed by atoms with Gasteiger partial charge < -0.3 is 15.6 Å². The Kier molecular flexibility index (Phi) is 4.25. The van der Waals surface area contributed by atoms with Crippen LogP contribution in [0.1, 0.15) is 29.3 Å². The van der Waals surface area contributed by atoms with Gasteiger partial charge in [0, 0.05) is 5.69 Å². The standard InChI is InChI=1S/C16H17NO3/c1-2-3-11-4-9-15(14(10-11)16(18)19)20-13-7-5-12(17)6-8-13/h4-10H,2-3,17H2,1H3,(H,18,19). The van der Waals surface area contributed by atoms with Gasteiger partial charge in [0.05, 0.1) is 0 Å². The highest BCUT2D eigenvalue weighted by molar-refractivity contribution is 5.91. The van der Waals surface area contributed by atoms with E-state index in [9.17, 15) is 9.90 Å². The smallest absolute Gasteiger partial charge is 0.339 e. The summed E-state index contributed by atoms with van der Waals surface area (Å²) in [6.07, 6.45) is 1.82. The molecule has 0 bridgehead atoms. The fraction of sp³-hybridized carbons (Fsp3) is 0.188. The Hall–Kier alpha value is -2.49. The number of hydrogen-bond acceptors (Lipinski definition) is 3. The number of hydrogen-bond donors (Lipinski definition) is 2. The molecule has 0 unspecified atom stereocenters. The van der Waals surface area contributed by atoms with Crippen molar-refractivity contribution in [2.45, 2.75) is 19.8 Å². The van der Waals surface area contributed by atoms with Crippen LogP contribution in [0.3, 0.4) is 0 Å². The topological polar surface area (TPSA) is 72.5 Å². The maximum Gasteiger partial charge on any atom is 0.339 e. The summed E-state index contributed by atoms with van der Waals surface area (Å²) in [6.45, 7) is 2.05. The molecule has 0 radical (unpaired) electrons. The van der Waals surface area contributed by atoms with Crippen molar-refractivity contribution in [2.24, 2.45) is 0 Å². The van der Waals surface area contributed by atoms with Gasteiger partial charge in [-0.25, -0.2) is 4.79 Å². The fourth-order valence-corrected chi connectivity index (χ4v) is 1.94. The van der Waals surface area contributed by atoms with E-state index in [0.29, 0.717) is 17.2 Å². The minimum atomic E-state index is -0.992. The third-order valence-corrected chi connectivity index (χ3v) is 2.92. The summed E-state index contributed by atoms with van der Waals surface area (Å²) in [5.41, 5.74) is 7.40. The van der Waals surface area contributed by atoms with Crippen LogP contribution in [0.5, 0.6) is 11.5 Å². The fourth-order valence-electron chi connectivity index (χ4n) is 1.94. The Bertz CT molecular complexity index is 606. The number of carbonyl (C=O) groups is 1. The van der Waals surface area contributed by atoms with E-state index in [1.165, 1.54) is 0 Å². The Morgan fingerprint density at radius 1 is 1.20 bits per heavy atom. The van der Waals surface area contributed by atoms with Gasteiger partial charge in [-0.3, -0.25) is 0 Å². The number of aromatic carboxylic acids is 1. The Morgan fingerprint density at radius 2 is 1.90 bits per heavy atom. The third kappa shape index (κ3) is 3.29. The van der Waals surface area contributed by atoms with Crippen molar-refractivity contribution < 1.29 is 14.6 Å². The molecule has 0 aliphatic rings. The third-order valence-electron chi connectivity index (χ3n) is 2.92. The largest absolute Gasteiger partial charge is 0.478 e. The summed E-state index contributed by atoms with van der Waals surface area (Å²) >= 11 is 0. The number of aryl methyl sites for hydroxylation is 1. The highest BCUT2D eigenvalue weighted by atomic mass is 16.5. The highest BCUT2D eigenvalue weighted by Crippen LogP contribution is 2.27. The molecule has 0 saturated carbocycles. The lowest BCUT2D eigenvalue weighted by atomic mass is 10.1. The van der Waals surface area contributed by atoms with E-state index in [2.05, 4.69) is 6.92 Å². The average molecular weight is 271 g/mol. The number of ether oxygens (including phenoxy) is 1. The molecule has 2 aromatic rings. The van der Waals surface area contributed by atoms with Gasteiger partial charge in [-0.1, -0.05) is 19.4 Å². The molecule has 20 heavy (non-hydrogen) atoms. The minimum Gasteiger partial charge on any atom is -0.478 e. The molecule has 4 nitrogen and oxygen atoms in total. The van der Waals surface area contributed by atoms with E-state index in [4.69, 9.17) is 10.5 Å². The zero-order valence-electron chi connectivity index (χ0n) is 11.3. The van der Waals surface area contributed by atoms with Gasteiger partial charge in [0.15, 0.2) is 0 Å². The molecule has 0 aromatic heterocycles. The van der Waals surface area contributed by atoms with Crippen LogP contribution in [-0.4, -0.2) is 11.1 Å². The number of nitrogens with two attached hydrogens (primary N) is 1. The summed E-state index contributed by atoms with van der Waals surface area (Å²) < 4.78 is 5.62. The molecule has 2 rings (SSSR count). The Labute approximate surface area is 117 Å². The molecule has 4 heteroatoms. The van der Waals surface area contributed by atoms with Crippen molar-refractivity contribution in [3.05, 3.63) is 53.6 Å². The zero-order chi connectivity index (χ0) is 14.5. The number of carboxylic acid groups (broad SMARTS) is 1. The van der Waals surface area contributed by atoms with Crippen molar-refractivity contribution in [3.8, 4) is 11.5 Å². The molecule has 0 amide bonds. The minimum absolute atomic E-state index is 0.174. The molecule has 0 aliphatic carbocycles. The van der Waals surface area contributed by atoms with E-state index < -0.39 is 5.97 Å². The molecular weight excluding hydrogens is 254 g/mol. The van der Waals surface area contributed by atoms with Gasteiger partial charge >= 0.3 is 5.97 Å². The second-order valence-corrected chi connectivity index (χ2v) is 4.56. The zero-order valence-corrected chi connectivity index (χ0v) is 11.3. The average Bonchev–Trinajstić information content (AvgIpc) is 2.43. The van der Waals surface area contributed by atoms with Crippen LogP contribution in [0.25, 0.3) is 0 Å². The van der Waals surface area contributed by atoms with E-state index in [1.54, 1.807) is 36.4 Å². The molecule has 0 heterocycles. The van der Waals surface area contributed by atoms with Gasteiger partial charge in [0.25, 0.3) is 0 Å². The Balaban J connectivity index is 2.30. The maximum atomic E-state index is 11.3. The van der Waals surface area contributed by atoms with E-state index in [-0.39, 0.29) is 5.56 Å². The van der Waals surface area contributed by atoms with E-state index in [0.717, 1.165) is 18.4 Å². The monoisotopic (exact) mass is 271 g/mol. The maximum absolute atomic E-state index is 11.3. The van der Waals surface area contributed by atoms with Crippen LogP contribution in [0.15, 0.2) is 42.5 Å². The lowest BCUT2D eigenvalue weighted by Gasteiger charge is -2.10. The molecule has 0 saturated heterocycles. The summed E-state index contributed by atoms with van der Waals surface area (Å²) in [6, 6.07) is 12.1. The SMILES string of the molecule is CCCc1ccc(Oc2ccc(N)cc2)c(C(=O)O)c1. The predicted octanol–water partition coefficient (Wildman–Crippen LogP) is 3.71. The second kappa shape index (κ2) is 6.10. The predicted molar refractivity (Wildman–Crippen MR) is 78.3 cm³/mol. The number of rotatable bonds is 5. The van der Waals surface area contributed by atoms with Gasteiger partial charge in [-0.2, -0.15) is 0 Å². The first-order valence-electron chi connectivity index (χ1n) is 6.49. The van der Waals surface area contributed by atoms with Crippen molar-refractivity contribution in [1.29, 1.82) is 0 Å². The first-order chi connectivity index (χ1) is 9.60. The van der Waals surface area contributed by atoms with Crippen LogP contribution >= 0.6 is 0 Å². The summed E-state index contributed by atoms with van der Waals surface area (Å²) in [5, 5.41) is 9.28. The quantitative estimate of drug-likeness (QED) is 0.813. The van der Waals surface area contributed by atoms with Gasteiger partial charge in [0.1, 0.15) is 17.1 Å². The molecular formula is C16H17NO3. The highest BCUT2D eigenvalue weighted by Gasteiger charge is 2.13. The van der Waals surface area contributed by atoms with Gasteiger partial charge in [-0.15, -0.1) is 0 Å². The molecule has 0 spiro atoms. The van der Waals surface area contributed by atoms with Crippen LogP contribution in [-0.2, 0) is 6.42 Å². The van der Waals surface area contributed by atoms with E-state index in [1.807, 2.05) is 6.07 Å². The van der Waals surface area contributed by atoms with Crippen molar-refractivity contribution in [3.63, 3.8) is 0 Å².